The average Bonchev–Trinajstić information content (AvgIpc) is 2.06. The fourth-order valence-electron chi connectivity index (χ4n) is 1.01. The van der Waals surface area contributed by atoms with Gasteiger partial charge in [-0.25, -0.2) is 0 Å². The van der Waals surface area contributed by atoms with Gasteiger partial charge in [0.15, 0.2) is 11.5 Å². The first-order valence-corrected chi connectivity index (χ1v) is 4.04. The number of hydrogen-bond acceptors (Lipinski definition) is 1. The van der Waals surface area contributed by atoms with Gasteiger partial charge in [-0.2, -0.15) is 0 Å². The normalized spacial score (nSPS) is 9.75. The molecule has 0 saturated carbocycles. The summed E-state index contributed by atoms with van der Waals surface area (Å²) in [6, 6.07) is 6.01. The number of carbonyl (C=O) groups is 1. The van der Waals surface area contributed by atoms with E-state index < -0.39 is 0 Å². The summed E-state index contributed by atoms with van der Waals surface area (Å²) in [6.07, 6.45) is 1.40. The van der Waals surface area contributed by atoms with Crippen molar-refractivity contribution in [3.63, 3.8) is 0 Å². The molecule has 0 atom stereocenters. The van der Waals surface area contributed by atoms with E-state index in [2.05, 4.69) is 0 Å². The third kappa shape index (κ3) is 2.09. The van der Waals surface area contributed by atoms with Crippen molar-refractivity contribution in [1.29, 1.82) is 0 Å². The molecule has 1 rings (SSSR count). The lowest BCUT2D eigenvalue weighted by molar-refractivity contribution is 0.0982. The van der Waals surface area contributed by atoms with Crippen LogP contribution in [-0.4, -0.2) is 5.78 Å². The van der Waals surface area contributed by atoms with E-state index in [1.165, 1.54) is 12.1 Å². The Morgan fingerprint density at radius 1 is 1.25 bits per heavy atom. The van der Waals surface area contributed by atoms with E-state index in [0.29, 0.717) is 12.0 Å². The Hall–Kier alpha value is -1.31. The summed E-state index contributed by atoms with van der Waals surface area (Å²) >= 11 is 0. The molecule has 0 spiro atoms. The van der Waals surface area contributed by atoms with Crippen LogP contribution in [0.15, 0.2) is 24.3 Å². The molecule has 0 aliphatic heterocycles. The van der Waals surface area contributed by atoms with Gasteiger partial charge >= 0.3 is 0 Å². The number of carbonyl (C=O) groups excluding carboxylic acids is 1. The predicted molar refractivity (Wildman–Crippen MR) is 45.8 cm³/mol. The summed E-state index contributed by atoms with van der Waals surface area (Å²) in [5.41, 5.74) is 0.636. The first-order chi connectivity index (χ1) is 5.74. The molecule has 0 aliphatic rings. The van der Waals surface area contributed by atoms with Crippen molar-refractivity contribution in [3.05, 3.63) is 29.8 Å². The second kappa shape index (κ2) is 3.90. The van der Waals surface area contributed by atoms with Crippen LogP contribution in [0.4, 0.5) is 0 Å². The molecule has 1 aromatic carbocycles. The molecule has 0 aliphatic carbocycles. The molecular weight excluding hydrogens is 152 g/mol. The topological polar surface area (TPSA) is 37.0 Å². The highest BCUT2D eigenvalue weighted by Crippen LogP contribution is 2.12. The lowest BCUT2D eigenvalue weighted by Gasteiger charge is -1.97. The van der Waals surface area contributed by atoms with Crippen LogP contribution in [0.3, 0.4) is 0 Å². The monoisotopic (exact) mass is 163 g/mol. The molecule has 0 saturated heterocycles. The summed E-state index contributed by atoms with van der Waals surface area (Å²) in [5.74, 6) is 0.0561. The molecule has 63 valence electrons. The first kappa shape index (κ1) is 8.78. The van der Waals surface area contributed by atoms with Gasteiger partial charge in [0.05, 0.1) is 0 Å². The van der Waals surface area contributed by atoms with Crippen LogP contribution in [0.25, 0.3) is 0 Å². The van der Waals surface area contributed by atoms with Gasteiger partial charge in [0, 0.05) is 12.0 Å². The van der Waals surface area contributed by atoms with Crippen LogP contribution in [-0.2, 0) is 5.11 Å². The second-order valence-electron chi connectivity index (χ2n) is 2.70. The van der Waals surface area contributed by atoms with Gasteiger partial charge in [0.2, 0.25) is 0 Å². The zero-order chi connectivity index (χ0) is 8.97. The Morgan fingerprint density at radius 3 is 2.33 bits per heavy atom. The minimum Gasteiger partial charge on any atom is -0.294 e. The van der Waals surface area contributed by atoms with Crippen molar-refractivity contribution >= 4 is 5.78 Å². The Labute approximate surface area is 71.8 Å². The molecule has 12 heavy (non-hydrogen) atoms. The highest BCUT2D eigenvalue weighted by Gasteiger charge is 2.03. The van der Waals surface area contributed by atoms with E-state index >= 15 is 0 Å². The van der Waals surface area contributed by atoms with E-state index in [4.69, 9.17) is 0 Å². The van der Waals surface area contributed by atoms with E-state index in [9.17, 15) is 9.90 Å². The lowest BCUT2D eigenvalue weighted by atomic mass is 10.1. The summed E-state index contributed by atoms with van der Waals surface area (Å²) in [5, 5.41) is 10.7. The molecule has 0 fully saturated rings. The molecule has 2 nitrogen and oxygen atoms in total. The van der Waals surface area contributed by atoms with Crippen LogP contribution in [0.5, 0.6) is 5.75 Å². The molecular formula is C10H11O2. The summed E-state index contributed by atoms with van der Waals surface area (Å²) < 4.78 is 0. The van der Waals surface area contributed by atoms with Crippen LogP contribution < -0.4 is 0 Å². The standard InChI is InChI=1S/C10H11O2/c1-2-3-10(12)8-4-6-9(11)7-5-8/h4-7H,2-3H2,1H3. The maximum absolute atomic E-state index is 11.3. The number of hydrogen-bond donors (Lipinski definition) is 0. The lowest BCUT2D eigenvalue weighted by Crippen LogP contribution is -1.96. The quantitative estimate of drug-likeness (QED) is 0.631. The van der Waals surface area contributed by atoms with Crippen molar-refractivity contribution in [1.82, 2.24) is 0 Å². The van der Waals surface area contributed by atoms with Crippen molar-refractivity contribution < 1.29 is 9.90 Å². The first-order valence-electron chi connectivity index (χ1n) is 4.04. The van der Waals surface area contributed by atoms with E-state index in [0.717, 1.165) is 6.42 Å². The Kier molecular flexibility index (Phi) is 2.86. The zero-order valence-corrected chi connectivity index (χ0v) is 7.04. The molecule has 0 bridgehead atoms. The number of rotatable bonds is 3. The third-order valence-electron chi connectivity index (χ3n) is 1.65. The summed E-state index contributed by atoms with van der Waals surface area (Å²) in [4.78, 5) is 11.3. The Balaban J connectivity index is 2.75. The molecule has 2 heteroatoms. The van der Waals surface area contributed by atoms with Crippen LogP contribution >= 0.6 is 0 Å². The third-order valence-corrected chi connectivity index (χ3v) is 1.65. The maximum Gasteiger partial charge on any atom is 0.178 e. The van der Waals surface area contributed by atoms with Gasteiger partial charge < -0.3 is 0 Å². The zero-order valence-electron chi connectivity index (χ0n) is 7.04. The largest absolute Gasteiger partial charge is 0.294 e. The number of benzene rings is 1. The maximum atomic E-state index is 11.3. The minimum atomic E-state index is -0.0527. The van der Waals surface area contributed by atoms with Gasteiger partial charge in [-0.1, -0.05) is 6.92 Å². The highest BCUT2D eigenvalue weighted by molar-refractivity contribution is 5.96. The Bertz CT molecular complexity index is 262. The predicted octanol–water partition coefficient (Wildman–Crippen LogP) is 2.81. The molecule has 0 N–H and O–H groups in total. The smallest absolute Gasteiger partial charge is 0.178 e. The number of Topliss-reactive ketones (excluding diaryl/α,β-unsaturated/α-hetero) is 1. The Morgan fingerprint density at radius 2 is 1.83 bits per heavy atom. The molecule has 0 unspecified atom stereocenters. The number of ketones is 1. The van der Waals surface area contributed by atoms with Crippen LogP contribution in [0, 0.1) is 0 Å². The average molecular weight is 163 g/mol. The van der Waals surface area contributed by atoms with Gasteiger partial charge in [-0.05, 0) is 30.7 Å². The van der Waals surface area contributed by atoms with Crippen LogP contribution in [0.1, 0.15) is 30.1 Å². The van der Waals surface area contributed by atoms with Gasteiger partial charge in [-0.15, -0.1) is 0 Å². The van der Waals surface area contributed by atoms with E-state index in [-0.39, 0.29) is 11.5 Å². The van der Waals surface area contributed by atoms with E-state index in [1.54, 1.807) is 12.1 Å². The molecule has 1 aromatic rings. The fraction of sp³-hybridized carbons (Fsp3) is 0.300. The van der Waals surface area contributed by atoms with Crippen molar-refractivity contribution in [2.45, 2.75) is 19.8 Å². The van der Waals surface area contributed by atoms with Gasteiger partial charge in [0.1, 0.15) is 0 Å². The van der Waals surface area contributed by atoms with Gasteiger partial charge in [-0.3, -0.25) is 9.90 Å². The molecule has 1 radical (unpaired) electrons. The summed E-state index contributed by atoms with van der Waals surface area (Å²) in [7, 11) is 0. The fourth-order valence-corrected chi connectivity index (χ4v) is 1.01. The van der Waals surface area contributed by atoms with Crippen LogP contribution in [0.2, 0.25) is 0 Å². The molecule has 0 aromatic heterocycles. The highest BCUT2D eigenvalue weighted by atomic mass is 16.3. The van der Waals surface area contributed by atoms with Crippen molar-refractivity contribution in [2.75, 3.05) is 0 Å². The second-order valence-corrected chi connectivity index (χ2v) is 2.70. The minimum absolute atomic E-state index is 0.0527. The molecule has 0 amide bonds. The molecule has 0 heterocycles. The van der Waals surface area contributed by atoms with E-state index in [1.807, 2.05) is 6.92 Å². The van der Waals surface area contributed by atoms with Crippen molar-refractivity contribution in [2.24, 2.45) is 0 Å². The SMILES string of the molecule is CCCC(=O)c1ccc([O])cc1. The van der Waals surface area contributed by atoms with Crippen molar-refractivity contribution in [3.8, 4) is 5.75 Å². The van der Waals surface area contributed by atoms with Gasteiger partial charge in [0.25, 0.3) is 0 Å². The summed E-state index contributed by atoms with van der Waals surface area (Å²) in [6.45, 7) is 1.96.